The van der Waals surface area contributed by atoms with Crippen LogP contribution in [0.3, 0.4) is 0 Å². The van der Waals surface area contributed by atoms with Crippen LogP contribution in [-0.2, 0) is 12.8 Å². The number of benzene rings is 2. The van der Waals surface area contributed by atoms with Crippen LogP contribution < -0.4 is 0 Å². The Morgan fingerprint density at radius 3 is 1.65 bits per heavy atom. The van der Waals surface area contributed by atoms with Crippen molar-refractivity contribution in [1.29, 1.82) is 0 Å². The molecule has 0 atom stereocenters. The molecule has 0 nitrogen and oxygen atoms in total. The van der Waals surface area contributed by atoms with Crippen LogP contribution in [-0.4, -0.2) is 5.88 Å². The Labute approximate surface area is 127 Å². The van der Waals surface area contributed by atoms with E-state index in [1.165, 1.54) is 47.9 Å². The Morgan fingerprint density at radius 1 is 0.700 bits per heavy atom. The van der Waals surface area contributed by atoms with Crippen LogP contribution in [0.4, 0.5) is 0 Å². The fourth-order valence-electron chi connectivity index (χ4n) is 2.42. The van der Waals surface area contributed by atoms with E-state index in [2.05, 4.69) is 55.5 Å². The van der Waals surface area contributed by atoms with E-state index in [1.807, 2.05) is 0 Å². The minimum atomic E-state index is 0.686. The van der Waals surface area contributed by atoms with Gasteiger partial charge in [-0.2, -0.15) is 0 Å². The standard InChI is InChI=1S/C19H23Cl/c1-2-3-4-5-16-6-10-18(11-7-16)19-12-8-17(9-13-19)14-15-20/h6-13H,2-5,14-15H2,1H3. The smallest absolute Gasteiger partial charge is 0.0263 e. The first-order chi connectivity index (χ1) is 9.83. The lowest BCUT2D eigenvalue weighted by Crippen LogP contribution is -1.87. The maximum Gasteiger partial charge on any atom is 0.0263 e. The average Bonchev–Trinajstić information content (AvgIpc) is 2.49. The molecular weight excluding hydrogens is 264 g/mol. The van der Waals surface area contributed by atoms with Crippen LogP contribution in [0.1, 0.15) is 37.3 Å². The van der Waals surface area contributed by atoms with Gasteiger partial charge in [-0.3, -0.25) is 0 Å². The first-order valence-electron chi connectivity index (χ1n) is 7.57. The summed E-state index contributed by atoms with van der Waals surface area (Å²) in [5.74, 6) is 0.686. The molecular formula is C19H23Cl. The van der Waals surface area contributed by atoms with Crippen molar-refractivity contribution in [3.05, 3.63) is 59.7 Å². The van der Waals surface area contributed by atoms with Crippen molar-refractivity contribution in [3.63, 3.8) is 0 Å². The number of rotatable bonds is 7. The van der Waals surface area contributed by atoms with E-state index >= 15 is 0 Å². The van der Waals surface area contributed by atoms with E-state index in [0.717, 1.165) is 6.42 Å². The molecule has 20 heavy (non-hydrogen) atoms. The van der Waals surface area contributed by atoms with Crippen LogP contribution >= 0.6 is 11.6 Å². The summed E-state index contributed by atoms with van der Waals surface area (Å²) < 4.78 is 0. The van der Waals surface area contributed by atoms with Crippen molar-refractivity contribution < 1.29 is 0 Å². The second kappa shape index (κ2) is 8.11. The molecule has 106 valence electrons. The third-order valence-corrected chi connectivity index (χ3v) is 3.88. The van der Waals surface area contributed by atoms with Crippen molar-refractivity contribution in [1.82, 2.24) is 0 Å². The molecule has 0 saturated carbocycles. The summed E-state index contributed by atoms with van der Waals surface area (Å²) in [6, 6.07) is 17.7. The Morgan fingerprint density at radius 2 is 1.20 bits per heavy atom. The second-order valence-corrected chi connectivity index (χ2v) is 5.67. The number of halogens is 1. The zero-order chi connectivity index (χ0) is 14.2. The van der Waals surface area contributed by atoms with Crippen LogP contribution in [0.2, 0.25) is 0 Å². The molecule has 0 unspecified atom stereocenters. The van der Waals surface area contributed by atoms with E-state index in [4.69, 9.17) is 11.6 Å². The SMILES string of the molecule is CCCCCc1ccc(-c2ccc(CCCl)cc2)cc1. The molecule has 0 spiro atoms. The second-order valence-electron chi connectivity index (χ2n) is 5.29. The molecule has 0 aliphatic rings. The van der Waals surface area contributed by atoms with Crippen LogP contribution in [0.15, 0.2) is 48.5 Å². The number of hydrogen-bond donors (Lipinski definition) is 0. The normalized spacial score (nSPS) is 10.7. The minimum Gasteiger partial charge on any atom is -0.126 e. The van der Waals surface area contributed by atoms with Gasteiger partial charge in [0.2, 0.25) is 0 Å². The van der Waals surface area contributed by atoms with Gasteiger partial charge in [0, 0.05) is 5.88 Å². The summed E-state index contributed by atoms with van der Waals surface area (Å²) in [4.78, 5) is 0. The molecule has 0 N–H and O–H groups in total. The highest BCUT2D eigenvalue weighted by atomic mass is 35.5. The molecule has 1 heteroatoms. The number of hydrogen-bond acceptors (Lipinski definition) is 0. The molecule has 2 aromatic rings. The fraction of sp³-hybridized carbons (Fsp3) is 0.368. The number of unbranched alkanes of at least 4 members (excludes halogenated alkanes) is 2. The summed E-state index contributed by atoms with van der Waals surface area (Å²) in [5, 5.41) is 0. The van der Waals surface area contributed by atoms with Gasteiger partial charge in [-0.25, -0.2) is 0 Å². The van der Waals surface area contributed by atoms with Gasteiger partial charge in [-0.15, -0.1) is 11.6 Å². The quantitative estimate of drug-likeness (QED) is 0.441. The number of alkyl halides is 1. The molecule has 0 saturated heterocycles. The molecule has 0 radical (unpaired) electrons. The highest BCUT2D eigenvalue weighted by Crippen LogP contribution is 2.21. The van der Waals surface area contributed by atoms with E-state index in [-0.39, 0.29) is 0 Å². The van der Waals surface area contributed by atoms with E-state index < -0.39 is 0 Å². The van der Waals surface area contributed by atoms with Gasteiger partial charge in [-0.1, -0.05) is 68.3 Å². The zero-order valence-electron chi connectivity index (χ0n) is 12.2. The van der Waals surface area contributed by atoms with Crippen molar-refractivity contribution in [2.75, 3.05) is 5.88 Å². The summed E-state index contributed by atoms with van der Waals surface area (Å²) in [7, 11) is 0. The van der Waals surface area contributed by atoms with E-state index in [0.29, 0.717) is 5.88 Å². The maximum atomic E-state index is 5.76. The molecule has 2 aromatic carbocycles. The van der Waals surface area contributed by atoms with Crippen molar-refractivity contribution in [2.24, 2.45) is 0 Å². The average molecular weight is 287 g/mol. The Bertz CT molecular complexity index is 496. The molecule has 0 heterocycles. The van der Waals surface area contributed by atoms with Gasteiger partial charge < -0.3 is 0 Å². The monoisotopic (exact) mass is 286 g/mol. The third-order valence-electron chi connectivity index (χ3n) is 3.69. The maximum absolute atomic E-state index is 5.76. The molecule has 0 amide bonds. The van der Waals surface area contributed by atoms with Crippen molar-refractivity contribution >= 4 is 11.6 Å². The van der Waals surface area contributed by atoms with Gasteiger partial charge in [-0.05, 0) is 41.5 Å². The van der Waals surface area contributed by atoms with Gasteiger partial charge in [0.15, 0.2) is 0 Å². The summed E-state index contributed by atoms with van der Waals surface area (Å²) >= 11 is 5.76. The van der Waals surface area contributed by atoms with Gasteiger partial charge in [0.05, 0.1) is 0 Å². The lowest BCUT2D eigenvalue weighted by molar-refractivity contribution is 0.717. The Kier molecular flexibility index (Phi) is 6.14. The third kappa shape index (κ3) is 4.38. The predicted octanol–water partition coefficient (Wildman–Crippen LogP) is 5.87. The van der Waals surface area contributed by atoms with Crippen LogP contribution in [0, 0.1) is 0 Å². The molecule has 2 rings (SSSR count). The van der Waals surface area contributed by atoms with E-state index in [9.17, 15) is 0 Å². The lowest BCUT2D eigenvalue weighted by Gasteiger charge is -2.06. The first kappa shape index (κ1) is 15.1. The fourth-order valence-corrected chi connectivity index (χ4v) is 2.63. The van der Waals surface area contributed by atoms with Gasteiger partial charge in [0.1, 0.15) is 0 Å². The van der Waals surface area contributed by atoms with Crippen LogP contribution in [0.25, 0.3) is 11.1 Å². The Balaban J connectivity index is 2.01. The minimum absolute atomic E-state index is 0.686. The number of aryl methyl sites for hydroxylation is 2. The van der Waals surface area contributed by atoms with Crippen LogP contribution in [0.5, 0.6) is 0 Å². The largest absolute Gasteiger partial charge is 0.126 e. The first-order valence-corrected chi connectivity index (χ1v) is 8.11. The van der Waals surface area contributed by atoms with Gasteiger partial charge in [0.25, 0.3) is 0 Å². The predicted molar refractivity (Wildman–Crippen MR) is 89.5 cm³/mol. The Hall–Kier alpha value is -1.27. The highest BCUT2D eigenvalue weighted by Gasteiger charge is 1.99. The summed E-state index contributed by atoms with van der Waals surface area (Å²) in [6.07, 6.45) is 6.04. The highest BCUT2D eigenvalue weighted by molar-refractivity contribution is 6.17. The van der Waals surface area contributed by atoms with E-state index in [1.54, 1.807) is 0 Å². The molecule has 0 bridgehead atoms. The van der Waals surface area contributed by atoms with Crippen molar-refractivity contribution in [3.8, 4) is 11.1 Å². The lowest BCUT2D eigenvalue weighted by atomic mass is 10.00. The zero-order valence-corrected chi connectivity index (χ0v) is 13.0. The molecule has 0 aromatic heterocycles. The molecule has 0 fully saturated rings. The van der Waals surface area contributed by atoms with Gasteiger partial charge >= 0.3 is 0 Å². The summed E-state index contributed by atoms with van der Waals surface area (Å²) in [5.41, 5.74) is 5.32. The molecule has 0 aliphatic heterocycles. The topological polar surface area (TPSA) is 0 Å². The summed E-state index contributed by atoms with van der Waals surface area (Å²) in [6.45, 7) is 2.25. The van der Waals surface area contributed by atoms with Crippen molar-refractivity contribution in [2.45, 2.75) is 39.0 Å². The molecule has 0 aliphatic carbocycles.